The number of amides is 1. The predicted octanol–water partition coefficient (Wildman–Crippen LogP) is 4.99. The minimum Gasteiger partial charge on any atom is -0.497 e. The van der Waals surface area contributed by atoms with Crippen LogP contribution in [0.15, 0.2) is 78.9 Å². The van der Waals surface area contributed by atoms with Gasteiger partial charge in [0.05, 0.1) is 23.9 Å². The van der Waals surface area contributed by atoms with Crippen LogP contribution in [0.4, 0.5) is 0 Å². The maximum atomic E-state index is 13.7. The van der Waals surface area contributed by atoms with E-state index >= 15 is 0 Å². The molecule has 0 fully saturated rings. The molecule has 0 aliphatic carbocycles. The molecule has 0 radical (unpaired) electrons. The summed E-state index contributed by atoms with van der Waals surface area (Å²) in [6.45, 7) is 1.93. The van der Waals surface area contributed by atoms with Gasteiger partial charge in [0.15, 0.2) is 0 Å². The van der Waals surface area contributed by atoms with Gasteiger partial charge in [0, 0.05) is 17.5 Å². The molecule has 0 atom stereocenters. The Labute approximate surface area is 198 Å². The molecule has 1 aromatic heterocycles. The summed E-state index contributed by atoms with van der Waals surface area (Å²) in [6, 6.07) is 24.6. The number of aryl methyl sites for hydroxylation is 1. The third-order valence-corrected chi connectivity index (χ3v) is 5.70. The number of carboxylic acid groups (broad SMARTS) is 1. The van der Waals surface area contributed by atoms with Crippen LogP contribution in [-0.4, -0.2) is 47.1 Å². The van der Waals surface area contributed by atoms with Gasteiger partial charge in [0.25, 0.3) is 5.91 Å². The number of rotatable bonds is 8. The molecular weight excluding hydrogens is 428 g/mol. The topological polar surface area (TPSA) is 79.7 Å². The van der Waals surface area contributed by atoms with Crippen molar-refractivity contribution < 1.29 is 19.4 Å². The number of methoxy groups -OCH3 is 1. The average molecular weight is 455 g/mol. The fourth-order valence-corrected chi connectivity index (χ4v) is 3.98. The third-order valence-electron chi connectivity index (χ3n) is 5.70. The summed E-state index contributed by atoms with van der Waals surface area (Å²) in [7, 11) is 1.61. The van der Waals surface area contributed by atoms with Crippen LogP contribution in [0.1, 0.15) is 21.5 Å². The first-order chi connectivity index (χ1) is 16.4. The lowest BCUT2D eigenvalue weighted by atomic mass is 10.0. The monoisotopic (exact) mass is 454 g/mol. The van der Waals surface area contributed by atoms with Gasteiger partial charge in [-0.25, -0.2) is 4.98 Å². The summed E-state index contributed by atoms with van der Waals surface area (Å²) in [5, 5.41) is 10.2. The van der Waals surface area contributed by atoms with Gasteiger partial charge >= 0.3 is 5.97 Å². The van der Waals surface area contributed by atoms with Crippen LogP contribution < -0.4 is 4.74 Å². The highest BCUT2D eigenvalue weighted by Crippen LogP contribution is 2.27. The van der Waals surface area contributed by atoms with Crippen LogP contribution in [0.2, 0.25) is 0 Å². The molecule has 4 rings (SSSR count). The van der Waals surface area contributed by atoms with Crippen molar-refractivity contribution >= 4 is 22.8 Å². The molecule has 3 aromatic carbocycles. The van der Waals surface area contributed by atoms with Gasteiger partial charge < -0.3 is 14.7 Å². The number of para-hydroxylation sites is 1. The van der Waals surface area contributed by atoms with E-state index in [0.717, 1.165) is 22.4 Å². The van der Waals surface area contributed by atoms with Gasteiger partial charge in [-0.2, -0.15) is 0 Å². The van der Waals surface area contributed by atoms with Gasteiger partial charge in [0.2, 0.25) is 0 Å². The van der Waals surface area contributed by atoms with E-state index in [9.17, 15) is 14.7 Å². The predicted molar refractivity (Wildman–Crippen MR) is 132 cm³/mol. The molecule has 0 bridgehead atoms. The van der Waals surface area contributed by atoms with E-state index in [4.69, 9.17) is 9.72 Å². The number of hydrogen-bond donors (Lipinski definition) is 1. The van der Waals surface area contributed by atoms with Crippen molar-refractivity contribution in [2.24, 2.45) is 0 Å². The Kier molecular flexibility index (Phi) is 6.87. The second-order valence-corrected chi connectivity index (χ2v) is 8.16. The van der Waals surface area contributed by atoms with Crippen molar-refractivity contribution in [1.29, 1.82) is 0 Å². The summed E-state index contributed by atoms with van der Waals surface area (Å²) >= 11 is 0. The first kappa shape index (κ1) is 23.0. The zero-order valence-corrected chi connectivity index (χ0v) is 19.2. The standard InChI is InChI=1S/C28H26N2O4/c1-19-6-5-7-20(16-19)14-15-30(18-27(31)32)28(33)24-17-26(21-10-12-22(34-2)13-11-21)29-25-9-4-3-8-23(24)25/h3-13,16-17H,14-15,18H2,1-2H3,(H,31,32). The molecule has 0 aliphatic rings. The number of nitrogens with zero attached hydrogens (tertiary/aromatic N) is 2. The van der Waals surface area contributed by atoms with E-state index in [1.807, 2.05) is 79.7 Å². The molecule has 34 heavy (non-hydrogen) atoms. The molecule has 1 amide bonds. The molecule has 172 valence electrons. The molecule has 0 aliphatic heterocycles. The van der Waals surface area contributed by atoms with Crippen LogP contribution in [0.5, 0.6) is 5.75 Å². The normalized spacial score (nSPS) is 10.8. The zero-order chi connectivity index (χ0) is 24.1. The van der Waals surface area contributed by atoms with E-state index in [1.54, 1.807) is 13.2 Å². The van der Waals surface area contributed by atoms with Crippen LogP contribution in [0.25, 0.3) is 22.2 Å². The second-order valence-electron chi connectivity index (χ2n) is 8.16. The van der Waals surface area contributed by atoms with Crippen LogP contribution in [0.3, 0.4) is 0 Å². The molecule has 1 heterocycles. The zero-order valence-electron chi connectivity index (χ0n) is 19.2. The van der Waals surface area contributed by atoms with Gasteiger partial charge in [-0.05, 0) is 55.3 Å². The summed E-state index contributed by atoms with van der Waals surface area (Å²) in [5.41, 5.74) is 4.76. The number of hydrogen-bond acceptors (Lipinski definition) is 4. The molecule has 0 saturated carbocycles. The van der Waals surface area contributed by atoms with Crippen LogP contribution >= 0.6 is 0 Å². The van der Waals surface area contributed by atoms with E-state index in [1.165, 1.54) is 4.90 Å². The number of carbonyl (C=O) groups is 2. The number of aliphatic carboxylic acids is 1. The average Bonchev–Trinajstić information content (AvgIpc) is 2.85. The van der Waals surface area contributed by atoms with Crippen molar-refractivity contribution in [2.75, 3.05) is 20.2 Å². The number of carboxylic acids is 1. The number of benzene rings is 3. The van der Waals surface area contributed by atoms with Crippen molar-refractivity contribution in [2.45, 2.75) is 13.3 Å². The molecule has 0 spiro atoms. The first-order valence-electron chi connectivity index (χ1n) is 11.1. The van der Waals surface area contributed by atoms with E-state index in [2.05, 4.69) is 0 Å². The van der Waals surface area contributed by atoms with Gasteiger partial charge in [0.1, 0.15) is 12.3 Å². The lowest BCUT2D eigenvalue weighted by Crippen LogP contribution is -2.37. The largest absolute Gasteiger partial charge is 0.497 e. The number of pyridine rings is 1. The Morgan fingerprint density at radius 3 is 2.44 bits per heavy atom. The second kappa shape index (κ2) is 10.2. The lowest BCUT2D eigenvalue weighted by Gasteiger charge is -2.22. The van der Waals surface area contributed by atoms with Gasteiger partial charge in [-0.3, -0.25) is 9.59 Å². The highest BCUT2D eigenvalue weighted by Gasteiger charge is 2.22. The Morgan fingerprint density at radius 2 is 1.74 bits per heavy atom. The number of carbonyl (C=O) groups excluding carboxylic acids is 1. The first-order valence-corrected chi connectivity index (χ1v) is 11.1. The van der Waals surface area contributed by atoms with Crippen molar-refractivity contribution in [3.8, 4) is 17.0 Å². The molecule has 0 unspecified atom stereocenters. The minimum absolute atomic E-state index is 0.295. The quantitative estimate of drug-likeness (QED) is 0.406. The van der Waals surface area contributed by atoms with Crippen molar-refractivity contribution in [3.63, 3.8) is 0 Å². The number of aromatic nitrogens is 1. The fraction of sp³-hybridized carbons (Fsp3) is 0.179. The fourth-order valence-electron chi connectivity index (χ4n) is 3.98. The smallest absolute Gasteiger partial charge is 0.323 e. The molecule has 0 saturated heterocycles. The summed E-state index contributed by atoms with van der Waals surface area (Å²) in [4.78, 5) is 31.4. The maximum Gasteiger partial charge on any atom is 0.323 e. The Balaban J connectivity index is 1.72. The van der Waals surface area contributed by atoms with E-state index < -0.39 is 5.97 Å². The number of ether oxygens (including phenoxy) is 1. The number of fused-ring (bicyclic) bond motifs is 1. The van der Waals surface area contributed by atoms with Gasteiger partial charge in [-0.15, -0.1) is 0 Å². The SMILES string of the molecule is COc1ccc(-c2cc(C(=O)N(CCc3cccc(C)c3)CC(=O)O)c3ccccc3n2)cc1. The Hall–Kier alpha value is -4.19. The van der Waals surface area contributed by atoms with Gasteiger partial charge in [-0.1, -0.05) is 48.0 Å². The van der Waals surface area contributed by atoms with E-state index in [-0.39, 0.29) is 12.5 Å². The molecule has 1 N–H and O–H groups in total. The molecule has 6 nitrogen and oxygen atoms in total. The maximum absolute atomic E-state index is 13.7. The lowest BCUT2D eigenvalue weighted by molar-refractivity contribution is -0.137. The summed E-state index contributed by atoms with van der Waals surface area (Å²) in [6.07, 6.45) is 0.565. The Bertz CT molecular complexity index is 1330. The van der Waals surface area contributed by atoms with E-state index in [0.29, 0.717) is 35.1 Å². The van der Waals surface area contributed by atoms with Crippen molar-refractivity contribution in [3.05, 3.63) is 95.6 Å². The Morgan fingerprint density at radius 1 is 0.971 bits per heavy atom. The molecule has 6 heteroatoms. The minimum atomic E-state index is -1.05. The van der Waals surface area contributed by atoms with Crippen molar-refractivity contribution in [1.82, 2.24) is 9.88 Å². The highest BCUT2D eigenvalue weighted by molar-refractivity contribution is 6.07. The summed E-state index contributed by atoms with van der Waals surface area (Å²) in [5.74, 6) is -0.653. The highest BCUT2D eigenvalue weighted by atomic mass is 16.5. The van der Waals surface area contributed by atoms with Crippen LogP contribution in [-0.2, 0) is 11.2 Å². The third kappa shape index (κ3) is 5.23. The summed E-state index contributed by atoms with van der Waals surface area (Å²) < 4.78 is 5.24. The van der Waals surface area contributed by atoms with Crippen LogP contribution in [0, 0.1) is 6.92 Å². The molecular formula is C28H26N2O4. The molecule has 4 aromatic rings.